The zero-order valence-corrected chi connectivity index (χ0v) is 13.1. The molecule has 0 unspecified atom stereocenters. The number of anilines is 2. The van der Waals surface area contributed by atoms with Crippen LogP contribution in [0.3, 0.4) is 0 Å². The quantitative estimate of drug-likeness (QED) is 0.899. The van der Waals surface area contributed by atoms with Crippen molar-refractivity contribution in [3.63, 3.8) is 0 Å². The Kier molecular flexibility index (Phi) is 4.79. The van der Waals surface area contributed by atoms with E-state index in [-0.39, 0.29) is 17.6 Å². The fourth-order valence-corrected chi connectivity index (χ4v) is 3.24. The molecular formula is C17H22FN3O2. The van der Waals surface area contributed by atoms with Crippen LogP contribution in [0.5, 0.6) is 0 Å². The van der Waals surface area contributed by atoms with Crippen molar-refractivity contribution in [2.45, 2.75) is 44.6 Å². The summed E-state index contributed by atoms with van der Waals surface area (Å²) in [6.45, 7) is 1.82. The lowest BCUT2D eigenvalue weighted by atomic mass is 10.0. The Hall–Kier alpha value is -2.11. The molecule has 2 N–H and O–H groups in total. The summed E-state index contributed by atoms with van der Waals surface area (Å²) in [5.41, 5.74) is 1.33. The third-order valence-electron chi connectivity index (χ3n) is 4.46. The molecule has 2 aliphatic heterocycles. The molecule has 0 bridgehead atoms. The summed E-state index contributed by atoms with van der Waals surface area (Å²) in [4.78, 5) is 26.0. The monoisotopic (exact) mass is 319 g/mol. The van der Waals surface area contributed by atoms with Crippen LogP contribution >= 0.6 is 0 Å². The van der Waals surface area contributed by atoms with Gasteiger partial charge < -0.3 is 15.5 Å². The lowest BCUT2D eigenvalue weighted by Crippen LogP contribution is -2.46. The van der Waals surface area contributed by atoms with Gasteiger partial charge in [-0.2, -0.15) is 0 Å². The van der Waals surface area contributed by atoms with Crippen LogP contribution in [0.1, 0.15) is 38.5 Å². The predicted molar refractivity (Wildman–Crippen MR) is 86.9 cm³/mol. The average Bonchev–Trinajstić information content (AvgIpc) is 2.56. The van der Waals surface area contributed by atoms with Crippen LogP contribution in [0.4, 0.5) is 15.8 Å². The van der Waals surface area contributed by atoms with Gasteiger partial charge in [-0.1, -0.05) is 0 Å². The van der Waals surface area contributed by atoms with E-state index in [4.69, 9.17) is 0 Å². The second-order valence-electron chi connectivity index (χ2n) is 6.21. The molecule has 0 aliphatic carbocycles. The number of nitrogens with one attached hydrogen (secondary N) is 2. The highest BCUT2D eigenvalue weighted by molar-refractivity contribution is 6.00. The lowest BCUT2D eigenvalue weighted by molar-refractivity contribution is -0.128. The molecule has 0 spiro atoms. The number of halogens is 1. The minimum Gasteiger partial charge on any atom is -0.370 e. The number of benzene rings is 1. The Balaban J connectivity index is 1.76. The third kappa shape index (κ3) is 3.81. The summed E-state index contributed by atoms with van der Waals surface area (Å²) in [5, 5.41) is 5.50. The number of carbonyl (C=O) groups is 2. The summed E-state index contributed by atoms with van der Waals surface area (Å²) < 4.78 is 13.6. The van der Waals surface area contributed by atoms with Gasteiger partial charge in [0.15, 0.2) is 0 Å². The number of carbonyl (C=O) groups excluding carboxylic acids is 2. The number of hydrogen-bond donors (Lipinski definition) is 2. The van der Waals surface area contributed by atoms with Crippen molar-refractivity contribution in [3.05, 3.63) is 24.0 Å². The highest BCUT2D eigenvalue weighted by Crippen LogP contribution is 2.29. The Morgan fingerprint density at radius 1 is 1.22 bits per heavy atom. The van der Waals surface area contributed by atoms with Crippen molar-refractivity contribution in [1.82, 2.24) is 5.32 Å². The van der Waals surface area contributed by atoms with Crippen molar-refractivity contribution in [2.24, 2.45) is 0 Å². The normalized spacial score (nSPS) is 21.7. The maximum Gasteiger partial charge on any atom is 0.247 e. The molecular weight excluding hydrogens is 297 g/mol. The van der Waals surface area contributed by atoms with Gasteiger partial charge in [-0.05, 0) is 50.3 Å². The van der Waals surface area contributed by atoms with Gasteiger partial charge in [0, 0.05) is 19.5 Å². The highest BCUT2D eigenvalue weighted by atomic mass is 19.1. The minimum atomic E-state index is -0.534. The first-order valence-corrected chi connectivity index (χ1v) is 8.28. The largest absolute Gasteiger partial charge is 0.370 e. The molecule has 2 fully saturated rings. The van der Waals surface area contributed by atoms with Crippen LogP contribution in [-0.2, 0) is 9.59 Å². The molecule has 23 heavy (non-hydrogen) atoms. The van der Waals surface area contributed by atoms with Crippen molar-refractivity contribution in [3.8, 4) is 0 Å². The molecule has 2 heterocycles. The van der Waals surface area contributed by atoms with E-state index in [0.717, 1.165) is 31.6 Å². The van der Waals surface area contributed by atoms with Crippen LogP contribution in [0.25, 0.3) is 0 Å². The first kappa shape index (κ1) is 15.8. The SMILES string of the molecule is O=C1CCC[C@H](C(=O)Nc2cc(F)ccc2N2CCCCC2)N1. The van der Waals surface area contributed by atoms with Crippen molar-refractivity contribution in [1.29, 1.82) is 0 Å². The summed E-state index contributed by atoms with van der Waals surface area (Å²) >= 11 is 0. The predicted octanol–water partition coefficient (Wildman–Crippen LogP) is 2.42. The number of nitrogens with zero attached hydrogens (tertiary/aromatic N) is 1. The Morgan fingerprint density at radius 3 is 2.74 bits per heavy atom. The van der Waals surface area contributed by atoms with Gasteiger partial charge >= 0.3 is 0 Å². The van der Waals surface area contributed by atoms with E-state index in [2.05, 4.69) is 15.5 Å². The number of amides is 2. The van der Waals surface area contributed by atoms with Crippen LogP contribution in [0.2, 0.25) is 0 Å². The van der Waals surface area contributed by atoms with Gasteiger partial charge in [0.05, 0.1) is 11.4 Å². The first-order valence-electron chi connectivity index (χ1n) is 8.28. The van der Waals surface area contributed by atoms with E-state index in [1.807, 2.05) is 0 Å². The standard InChI is InChI=1S/C17H22FN3O2/c18-12-7-8-15(21-9-2-1-3-10-21)14(11-12)20-17(23)13-5-4-6-16(22)19-13/h7-8,11,13H,1-6,9-10H2,(H,19,22)(H,20,23)/t13-/m1/s1. The summed E-state index contributed by atoms with van der Waals surface area (Å²) in [6, 6.07) is 3.96. The highest BCUT2D eigenvalue weighted by Gasteiger charge is 2.26. The molecule has 1 aromatic rings. The molecule has 0 radical (unpaired) electrons. The van der Waals surface area contributed by atoms with Gasteiger partial charge in [0.1, 0.15) is 11.9 Å². The average molecular weight is 319 g/mol. The van der Waals surface area contributed by atoms with Crippen LogP contribution < -0.4 is 15.5 Å². The Labute approximate surface area is 135 Å². The molecule has 5 nitrogen and oxygen atoms in total. The molecule has 1 atom stereocenters. The van der Waals surface area contributed by atoms with Crippen LogP contribution in [0, 0.1) is 5.82 Å². The van der Waals surface area contributed by atoms with Crippen LogP contribution in [-0.4, -0.2) is 30.9 Å². The van der Waals surface area contributed by atoms with E-state index in [0.29, 0.717) is 24.9 Å². The molecule has 6 heteroatoms. The topological polar surface area (TPSA) is 61.4 Å². The molecule has 0 saturated carbocycles. The van der Waals surface area contributed by atoms with E-state index < -0.39 is 6.04 Å². The minimum absolute atomic E-state index is 0.105. The maximum atomic E-state index is 13.6. The molecule has 1 aromatic carbocycles. The summed E-state index contributed by atoms with van der Waals surface area (Å²) in [6.07, 6.45) is 5.18. The van der Waals surface area contributed by atoms with Crippen molar-refractivity contribution >= 4 is 23.2 Å². The zero-order valence-electron chi connectivity index (χ0n) is 13.1. The van der Waals surface area contributed by atoms with Gasteiger partial charge in [-0.25, -0.2) is 4.39 Å². The Bertz CT molecular complexity index is 600. The van der Waals surface area contributed by atoms with E-state index in [1.165, 1.54) is 18.6 Å². The molecule has 2 amide bonds. The number of hydrogen-bond acceptors (Lipinski definition) is 3. The second-order valence-corrected chi connectivity index (χ2v) is 6.21. The molecule has 124 valence electrons. The third-order valence-corrected chi connectivity index (χ3v) is 4.46. The van der Waals surface area contributed by atoms with Crippen molar-refractivity contribution in [2.75, 3.05) is 23.3 Å². The molecule has 2 saturated heterocycles. The fourth-order valence-electron chi connectivity index (χ4n) is 3.24. The molecule has 2 aliphatic rings. The summed E-state index contributed by atoms with van der Waals surface area (Å²) in [5.74, 6) is -0.762. The van der Waals surface area contributed by atoms with E-state index in [9.17, 15) is 14.0 Å². The van der Waals surface area contributed by atoms with E-state index >= 15 is 0 Å². The van der Waals surface area contributed by atoms with Crippen LogP contribution in [0.15, 0.2) is 18.2 Å². The number of rotatable bonds is 3. The van der Waals surface area contributed by atoms with Gasteiger partial charge in [-0.15, -0.1) is 0 Å². The lowest BCUT2D eigenvalue weighted by Gasteiger charge is -2.31. The van der Waals surface area contributed by atoms with Gasteiger partial charge in [0.2, 0.25) is 11.8 Å². The molecule has 3 rings (SSSR count). The first-order chi connectivity index (χ1) is 11.1. The smallest absolute Gasteiger partial charge is 0.247 e. The summed E-state index contributed by atoms with van der Waals surface area (Å²) in [7, 11) is 0. The van der Waals surface area contributed by atoms with Gasteiger partial charge in [0.25, 0.3) is 0 Å². The van der Waals surface area contributed by atoms with E-state index in [1.54, 1.807) is 6.07 Å². The van der Waals surface area contributed by atoms with Crippen molar-refractivity contribution < 1.29 is 14.0 Å². The van der Waals surface area contributed by atoms with Gasteiger partial charge in [-0.3, -0.25) is 9.59 Å². The zero-order chi connectivity index (χ0) is 16.2. The fraction of sp³-hybridized carbons (Fsp3) is 0.529. The molecule has 0 aromatic heterocycles. The number of piperidine rings is 2. The maximum absolute atomic E-state index is 13.6. The second kappa shape index (κ2) is 6.98. The Morgan fingerprint density at radius 2 is 2.00 bits per heavy atom.